The number of aromatic nitrogens is 3. The van der Waals surface area contributed by atoms with Gasteiger partial charge in [0.1, 0.15) is 11.5 Å². The van der Waals surface area contributed by atoms with Crippen LogP contribution in [0.5, 0.6) is 11.5 Å². The molecule has 112 valence electrons. The average Bonchev–Trinajstić information content (AvgIpc) is 2.83. The first-order chi connectivity index (χ1) is 10.1. The van der Waals surface area contributed by atoms with E-state index in [0.717, 1.165) is 0 Å². The normalized spacial score (nSPS) is 10.2. The number of ether oxygens (including phenoxy) is 2. The number of aromatic amines is 1. The summed E-state index contributed by atoms with van der Waals surface area (Å²) in [6.45, 7) is 0.200. The summed E-state index contributed by atoms with van der Waals surface area (Å²) < 4.78 is 12.7. The Labute approximate surface area is 126 Å². The Balaban J connectivity index is 1.82. The van der Waals surface area contributed by atoms with Crippen molar-refractivity contribution >= 4 is 18.1 Å². The molecule has 2 N–H and O–H groups in total. The highest BCUT2D eigenvalue weighted by Crippen LogP contribution is 2.18. The van der Waals surface area contributed by atoms with Crippen LogP contribution in [-0.2, 0) is 18.4 Å². The zero-order valence-corrected chi connectivity index (χ0v) is 12.6. The van der Waals surface area contributed by atoms with E-state index in [9.17, 15) is 4.79 Å². The van der Waals surface area contributed by atoms with Gasteiger partial charge < -0.3 is 19.4 Å². The SMILES string of the molecule is COc1cccc(OCC(=O)NCc2n[nH]c(=S)n2C)c1. The van der Waals surface area contributed by atoms with Crippen LogP contribution in [0.1, 0.15) is 5.82 Å². The van der Waals surface area contributed by atoms with Gasteiger partial charge >= 0.3 is 0 Å². The molecule has 0 radical (unpaired) electrons. The van der Waals surface area contributed by atoms with E-state index in [0.29, 0.717) is 22.1 Å². The summed E-state index contributed by atoms with van der Waals surface area (Å²) >= 11 is 4.99. The average molecular weight is 308 g/mol. The molecular weight excluding hydrogens is 292 g/mol. The van der Waals surface area contributed by atoms with Crippen molar-refractivity contribution in [2.75, 3.05) is 13.7 Å². The maximum absolute atomic E-state index is 11.7. The van der Waals surface area contributed by atoms with Crippen molar-refractivity contribution in [1.82, 2.24) is 20.1 Å². The molecule has 8 heteroatoms. The van der Waals surface area contributed by atoms with Gasteiger partial charge in [0, 0.05) is 13.1 Å². The summed E-state index contributed by atoms with van der Waals surface area (Å²) in [5.74, 6) is 1.65. The number of rotatable bonds is 6. The van der Waals surface area contributed by atoms with Gasteiger partial charge in [0.05, 0.1) is 13.7 Å². The third kappa shape index (κ3) is 4.06. The van der Waals surface area contributed by atoms with E-state index in [1.165, 1.54) is 0 Å². The third-order valence-corrected chi connectivity index (χ3v) is 3.19. The van der Waals surface area contributed by atoms with E-state index in [2.05, 4.69) is 15.5 Å². The first-order valence-corrected chi connectivity index (χ1v) is 6.65. The topological polar surface area (TPSA) is 81.2 Å². The van der Waals surface area contributed by atoms with Crippen LogP contribution in [0.4, 0.5) is 0 Å². The second kappa shape index (κ2) is 6.89. The fourth-order valence-electron chi connectivity index (χ4n) is 1.61. The number of nitrogens with zero attached hydrogens (tertiary/aromatic N) is 2. The van der Waals surface area contributed by atoms with Gasteiger partial charge in [-0.25, -0.2) is 0 Å². The molecule has 1 aromatic heterocycles. The lowest BCUT2D eigenvalue weighted by molar-refractivity contribution is -0.123. The predicted molar refractivity (Wildman–Crippen MR) is 78.7 cm³/mol. The minimum absolute atomic E-state index is 0.0813. The summed E-state index contributed by atoms with van der Waals surface area (Å²) in [5, 5.41) is 9.36. The Kier molecular flexibility index (Phi) is 4.94. The van der Waals surface area contributed by atoms with Crippen molar-refractivity contribution in [3.63, 3.8) is 0 Å². The van der Waals surface area contributed by atoms with Crippen molar-refractivity contribution < 1.29 is 14.3 Å². The molecule has 0 fully saturated rings. The molecule has 1 heterocycles. The van der Waals surface area contributed by atoms with Gasteiger partial charge in [-0.3, -0.25) is 9.89 Å². The molecule has 2 aromatic rings. The smallest absolute Gasteiger partial charge is 0.258 e. The number of H-pyrrole nitrogens is 1. The van der Waals surface area contributed by atoms with Crippen molar-refractivity contribution in [1.29, 1.82) is 0 Å². The van der Waals surface area contributed by atoms with E-state index in [4.69, 9.17) is 21.7 Å². The monoisotopic (exact) mass is 308 g/mol. The first kappa shape index (κ1) is 15.0. The van der Waals surface area contributed by atoms with E-state index < -0.39 is 0 Å². The van der Waals surface area contributed by atoms with Gasteiger partial charge in [-0.2, -0.15) is 5.10 Å². The van der Waals surface area contributed by atoms with Gasteiger partial charge in [0.15, 0.2) is 17.2 Å². The lowest BCUT2D eigenvalue weighted by Gasteiger charge is -2.08. The zero-order chi connectivity index (χ0) is 15.2. The molecule has 0 saturated carbocycles. The van der Waals surface area contributed by atoms with Crippen LogP contribution in [0.15, 0.2) is 24.3 Å². The summed E-state index contributed by atoms with van der Waals surface area (Å²) in [4.78, 5) is 11.7. The van der Waals surface area contributed by atoms with Crippen LogP contribution in [0.25, 0.3) is 0 Å². The van der Waals surface area contributed by atoms with Gasteiger partial charge in [-0.1, -0.05) is 6.07 Å². The Morgan fingerprint density at radius 1 is 1.48 bits per heavy atom. The number of carbonyl (C=O) groups excluding carboxylic acids is 1. The van der Waals surface area contributed by atoms with Gasteiger partial charge in [0.2, 0.25) is 0 Å². The lowest BCUT2D eigenvalue weighted by Crippen LogP contribution is -2.29. The Morgan fingerprint density at radius 2 is 2.24 bits per heavy atom. The molecular formula is C13H16N4O3S. The number of hydrogen-bond acceptors (Lipinski definition) is 5. The van der Waals surface area contributed by atoms with E-state index in [1.807, 2.05) is 0 Å². The molecule has 0 spiro atoms. The highest BCUT2D eigenvalue weighted by Gasteiger charge is 2.06. The molecule has 21 heavy (non-hydrogen) atoms. The fraction of sp³-hybridized carbons (Fsp3) is 0.308. The number of amides is 1. The molecule has 0 aliphatic heterocycles. The summed E-state index contributed by atoms with van der Waals surface area (Å²) in [6.07, 6.45) is 0. The van der Waals surface area contributed by atoms with Crippen LogP contribution in [-0.4, -0.2) is 34.4 Å². The molecule has 2 rings (SSSR count). The highest BCUT2D eigenvalue weighted by molar-refractivity contribution is 7.71. The van der Waals surface area contributed by atoms with E-state index >= 15 is 0 Å². The molecule has 1 aromatic carbocycles. The molecule has 7 nitrogen and oxygen atoms in total. The number of benzene rings is 1. The molecule has 0 aliphatic carbocycles. The van der Waals surface area contributed by atoms with E-state index in [-0.39, 0.29) is 19.1 Å². The van der Waals surface area contributed by atoms with Crippen LogP contribution >= 0.6 is 12.2 Å². The molecule has 0 atom stereocenters. The molecule has 0 saturated heterocycles. The molecule has 0 bridgehead atoms. The minimum atomic E-state index is -0.244. The maximum Gasteiger partial charge on any atom is 0.258 e. The Bertz CT molecular complexity index is 680. The first-order valence-electron chi connectivity index (χ1n) is 6.24. The zero-order valence-electron chi connectivity index (χ0n) is 11.8. The van der Waals surface area contributed by atoms with Crippen LogP contribution < -0.4 is 14.8 Å². The fourth-order valence-corrected chi connectivity index (χ4v) is 1.76. The number of hydrogen-bond donors (Lipinski definition) is 2. The van der Waals surface area contributed by atoms with Crippen LogP contribution in [0.2, 0.25) is 0 Å². The van der Waals surface area contributed by atoms with Gasteiger partial charge in [-0.05, 0) is 24.4 Å². The number of methoxy groups -OCH3 is 1. The maximum atomic E-state index is 11.7. The highest BCUT2D eigenvalue weighted by atomic mass is 32.1. The van der Waals surface area contributed by atoms with Crippen LogP contribution in [0, 0.1) is 4.77 Å². The van der Waals surface area contributed by atoms with Crippen molar-refractivity contribution in [2.24, 2.45) is 7.05 Å². The largest absolute Gasteiger partial charge is 0.497 e. The second-order valence-electron chi connectivity index (χ2n) is 4.25. The van der Waals surface area contributed by atoms with Crippen molar-refractivity contribution in [3.8, 4) is 11.5 Å². The minimum Gasteiger partial charge on any atom is -0.497 e. The van der Waals surface area contributed by atoms with Crippen LogP contribution in [0.3, 0.4) is 0 Å². The van der Waals surface area contributed by atoms with E-state index in [1.54, 1.807) is 43.0 Å². The standard InChI is InChI=1S/C13H16N4O3S/c1-17-11(15-16-13(17)21)7-14-12(18)8-20-10-5-3-4-9(6-10)19-2/h3-6H,7-8H2,1-2H3,(H,14,18)(H,16,21). The number of nitrogens with one attached hydrogen (secondary N) is 2. The molecule has 1 amide bonds. The summed E-state index contributed by atoms with van der Waals surface area (Å²) in [5.41, 5.74) is 0. The Hall–Kier alpha value is -2.35. The van der Waals surface area contributed by atoms with Crippen molar-refractivity contribution in [3.05, 3.63) is 34.9 Å². The quantitative estimate of drug-likeness (QED) is 0.783. The molecule has 0 unspecified atom stereocenters. The van der Waals surface area contributed by atoms with Gasteiger partial charge in [-0.15, -0.1) is 0 Å². The molecule has 0 aliphatic rings. The predicted octanol–water partition coefficient (Wildman–Crippen LogP) is 1.18. The summed E-state index contributed by atoms with van der Waals surface area (Å²) in [6, 6.07) is 7.06. The second-order valence-corrected chi connectivity index (χ2v) is 4.64. The summed E-state index contributed by atoms with van der Waals surface area (Å²) in [7, 11) is 3.35. The van der Waals surface area contributed by atoms with Gasteiger partial charge in [0.25, 0.3) is 5.91 Å². The van der Waals surface area contributed by atoms with Crippen molar-refractivity contribution in [2.45, 2.75) is 6.54 Å². The third-order valence-electron chi connectivity index (χ3n) is 2.83. The lowest BCUT2D eigenvalue weighted by atomic mass is 10.3. The Morgan fingerprint density at radius 3 is 2.90 bits per heavy atom. The number of carbonyl (C=O) groups is 1.